The number of amides is 1. The number of rotatable bonds is 7. The maximum absolute atomic E-state index is 12.8. The molecule has 0 saturated carbocycles. The van der Waals surface area contributed by atoms with Gasteiger partial charge in [-0.1, -0.05) is 25.1 Å². The van der Waals surface area contributed by atoms with E-state index in [1.165, 1.54) is 22.0 Å². The first-order valence-corrected chi connectivity index (χ1v) is 9.26. The molecule has 0 unspecified atom stereocenters. The van der Waals surface area contributed by atoms with Gasteiger partial charge in [-0.3, -0.25) is 4.79 Å². The Morgan fingerprint density at radius 3 is 2.80 bits per heavy atom. The number of aryl methyl sites for hydroxylation is 1. The predicted octanol–water partition coefficient (Wildman–Crippen LogP) is 2.41. The van der Waals surface area contributed by atoms with E-state index in [1.54, 1.807) is 7.11 Å². The standard InChI is InChI=1S/C20H29N3O2/c1-3-15-5-4-6-17-16(13-23-18(15)17)7-10-22-19(24)20(14-25-2)8-11-21-12-9-20/h4-6,13,21,23H,3,7-12,14H2,1-2H3,(H,22,24). The molecule has 0 spiro atoms. The number of para-hydroxylation sites is 1. The van der Waals surface area contributed by atoms with Crippen LogP contribution in [0.4, 0.5) is 0 Å². The van der Waals surface area contributed by atoms with Gasteiger partial charge in [-0.05, 0) is 49.9 Å². The van der Waals surface area contributed by atoms with Crippen molar-refractivity contribution in [1.82, 2.24) is 15.6 Å². The van der Waals surface area contributed by atoms with Crippen molar-refractivity contribution in [3.05, 3.63) is 35.5 Å². The molecule has 0 atom stereocenters. The summed E-state index contributed by atoms with van der Waals surface area (Å²) in [5, 5.41) is 7.74. The number of carbonyl (C=O) groups is 1. The van der Waals surface area contributed by atoms with Gasteiger partial charge in [-0.2, -0.15) is 0 Å². The van der Waals surface area contributed by atoms with Crippen LogP contribution in [-0.2, 0) is 22.4 Å². The van der Waals surface area contributed by atoms with Crippen LogP contribution in [0.2, 0.25) is 0 Å². The minimum Gasteiger partial charge on any atom is -0.384 e. The van der Waals surface area contributed by atoms with Crippen LogP contribution in [0.1, 0.15) is 30.9 Å². The van der Waals surface area contributed by atoms with Crippen LogP contribution in [0.3, 0.4) is 0 Å². The molecule has 1 aliphatic heterocycles. The molecule has 5 nitrogen and oxygen atoms in total. The number of fused-ring (bicyclic) bond motifs is 1. The topological polar surface area (TPSA) is 66.2 Å². The molecule has 1 saturated heterocycles. The number of piperidine rings is 1. The van der Waals surface area contributed by atoms with Gasteiger partial charge >= 0.3 is 0 Å². The van der Waals surface area contributed by atoms with E-state index in [-0.39, 0.29) is 11.3 Å². The second kappa shape index (κ2) is 8.02. The third-order valence-corrected chi connectivity index (χ3v) is 5.41. The molecule has 1 aromatic carbocycles. The van der Waals surface area contributed by atoms with Gasteiger partial charge in [0, 0.05) is 30.8 Å². The minimum atomic E-state index is -0.379. The van der Waals surface area contributed by atoms with Gasteiger partial charge < -0.3 is 20.4 Å². The van der Waals surface area contributed by atoms with Crippen LogP contribution in [0.25, 0.3) is 10.9 Å². The van der Waals surface area contributed by atoms with E-state index in [0.717, 1.165) is 38.8 Å². The highest BCUT2D eigenvalue weighted by atomic mass is 16.5. The zero-order chi connectivity index (χ0) is 17.7. The van der Waals surface area contributed by atoms with E-state index >= 15 is 0 Å². The van der Waals surface area contributed by atoms with Gasteiger partial charge in [0.2, 0.25) is 5.91 Å². The molecule has 0 radical (unpaired) electrons. The smallest absolute Gasteiger partial charge is 0.228 e. The summed E-state index contributed by atoms with van der Waals surface area (Å²) >= 11 is 0. The molecule has 25 heavy (non-hydrogen) atoms. The van der Waals surface area contributed by atoms with Gasteiger partial charge in [0.05, 0.1) is 12.0 Å². The van der Waals surface area contributed by atoms with E-state index in [2.05, 4.69) is 46.9 Å². The first kappa shape index (κ1) is 18.0. The molecular formula is C20H29N3O2. The second-order valence-corrected chi connectivity index (χ2v) is 6.98. The van der Waals surface area contributed by atoms with Gasteiger partial charge in [0.1, 0.15) is 0 Å². The normalized spacial score (nSPS) is 16.9. The summed E-state index contributed by atoms with van der Waals surface area (Å²) in [5.74, 6) is 0.130. The zero-order valence-corrected chi connectivity index (χ0v) is 15.3. The number of benzene rings is 1. The monoisotopic (exact) mass is 343 g/mol. The number of ether oxygens (including phenoxy) is 1. The van der Waals surface area contributed by atoms with Gasteiger partial charge in [0.25, 0.3) is 0 Å². The SMILES string of the molecule is CCc1cccc2c(CCNC(=O)C3(COC)CCNCC3)c[nH]c12. The lowest BCUT2D eigenvalue weighted by molar-refractivity contribution is -0.136. The molecule has 2 heterocycles. The van der Waals surface area contributed by atoms with Crippen molar-refractivity contribution in [2.75, 3.05) is 33.4 Å². The molecule has 3 rings (SSSR count). The van der Waals surface area contributed by atoms with E-state index < -0.39 is 0 Å². The maximum atomic E-state index is 12.8. The fraction of sp³-hybridized carbons (Fsp3) is 0.550. The second-order valence-electron chi connectivity index (χ2n) is 6.98. The molecular weight excluding hydrogens is 314 g/mol. The fourth-order valence-electron chi connectivity index (χ4n) is 3.89. The summed E-state index contributed by atoms with van der Waals surface area (Å²) < 4.78 is 5.35. The fourth-order valence-corrected chi connectivity index (χ4v) is 3.89. The van der Waals surface area contributed by atoms with Crippen molar-refractivity contribution >= 4 is 16.8 Å². The number of carbonyl (C=O) groups excluding carboxylic acids is 1. The third-order valence-electron chi connectivity index (χ3n) is 5.41. The summed E-state index contributed by atoms with van der Waals surface area (Å²) in [7, 11) is 1.67. The molecule has 3 N–H and O–H groups in total. The number of aromatic nitrogens is 1. The highest BCUT2D eigenvalue weighted by Gasteiger charge is 2.39. The zero-order valence-electron chi connectivity index (χ0n) is 15.3. The van der Waals surface area contributed by atoms with Gasteiger partial charge in [-0.15, -0.1) is 0 Å². The number of aromatic amines is 1. The van der Waals surface area contributed by atoms with Gasteiger partial charge in [0.15, 0.2) is 0 Å². The van der Waals surface area contributed by atoms with Crippen LogP contribution in [-0.4, -0.2) is 44.2 Å². The number of nitrogens with one attached hydrogen (secondary N) is 3. The van der Waals surface area contributed by atoms with E-state index in [0.29, 0.717) is 13.2 Å². The molecule has 5 heteroatoms. The minimum absolute atomic E-state index is 0.130. The molecule has 1 aliphatic rings. The average molecular weight is 343 g/mol. The summed E-state index contributed by atoms with van der Waals surface area (Å²) in [4.78, 5) is 16.2. The van der Waals surface area contributed by atoms with E-state index in [9.17, 15) is 4.79 Å². The van der Waals surface area contributed by atoms with Crippen molar-refractivity contribution in [3.8, 4) is 0 Å². The van der Waals surface area contributed by atoms with Crippen LogP contribution >= 0.6 is 0 Å². The van der Waals surface area contributed by atoms with Crippen molar-refractivity contribution in [2.24, 2.45) is 5.41 Å². The molecule has 1 aromatic heterocycles. The largest absolute Gasteiger partial charge is 0.384 e. The number of H-pyrrole nitrogens is 1. The van der Waals surface area contributed by atoms with Crippen molar-refractivity contribution in [3.63, 3.8) is 0 Å². The first-order valence-electron chi connectivity index (χ1n) is 9.26. The lowest BCUT2D eigenvalue weighted by Gasteiger charge is -2.35. The van der Waals surface area contributed by atoms with E-state index in [4.69, 9.17) is 4.74 Å². The Morgan fingerprint density at radius 2 is 2.08 bits per heavy atom. The number of methoxy groups -OCH3 is 1. The molecule has 2 aromatic rings. The Morgan fingerprint density at radius 1 is 1.28 bits per heavy atom. The summed E-state index contributed by atoms with van der Waals surface area (Å²) in [6, 6.07) is 6.43. The lowest BCUT2D eigenvalue weighted by Crippen LogP contribution is -2.50. The molecule has 1 fully saturated rings. The van der Waals surface area contributed by atoms with Crippen LogP contribution in [0.5, 0.6) is 0 Å². The number of hydrogen-bond donors (Lipinski definition) is 3. The Bertz CT molecular complexity index is 711. The Kier molecular flexibility index (Phi) is 5.76. The molecule has 0 bridgehead atoms. The Balaban J connectivity index is 1.63. The maximum Gasteiger partial charge on any atom is 0.228 e. The van der Waals surface area contributed by atoms with Crippen LogP contribution < -0.4 is 10.6 Å². The average Bonchev–Trinajstić information content (AvgIpc) is 3.06. The molecule has 1 amide bonds. The predicted molar refractivity (Wildman–Crippen MR) is 101 cm³/mol. The quantitative estimate of drug-likeness (QED) is 0.723. The third kappa shape index (κ3) is 3.72. The molecule has 0 aliphatic carbocycles. The molecule has 136 valence electrons. The van der Waals surface area contributed by atoms with Crippen LogP contribution in [0.15, 0.2) is 24.4 Å². The van der Waals surface area contributed by atoms with Crippen molar-refractivity contribution < 1.29 is 9.53 Å². The van der Waals surface area contributed by atoms with Crippen LogP contribution in [0, 0.1) is 5.41 Å². The number of hydrogen-bond acceptors (Lipinski definition) is 3. The summed E-state index contributed by atoms with van der Waals surface area (Å²) in [5.41, 5.74) is 3.44. The summed E-state index contributed by atoms with van der Waals surface area (Å²) in [6.45, 7) is 5.07. The van der Waals surface area contributed by atoms with Gasteiger partial charge in [-0.25, -0.2) is 0 Å². The van der Waals surface area contributed by atoms with Crippen molar-refractivity contribution in [1.29, 1.82) is 0 Å². The lowest BCUT2D eigenvalue weighted by atomic mass is 9.78. The first-order chi connectivity index (χ1) is 12.2. The Labute approximate surface area is 149 Å². The van der Waals surface area contributed by atoms with Crippen molar-refractivity contribution in [2.45, 2.75) is 32.6 Å². The highest BCUT2D eigenvalue weighted by molar-refractivity contribution is 5.86. The highest BCUT2D eigenvalue weighted by Crippen LogP contribution is 2.29. The Hall–Kier alpha value is -1.85. The summed E-state index contributed by atoms with van der Waals surface area (Å²) in [6.07, 6.45) is 5.59. The van der Waals surface area contributed by atoms with E-state index in [1.807, 2.05) is 0 Å².